The number of carbonyl (C=O) groups excluding carboxylic acids is 2. The maximum atomic E-state index is 12.9. The topological polar surface area (TPSA) is 92.9 Å². The van der Waals surface area contributed by atoms with Gasteiger partial charge in [0.15, 0.2) is 0 Å². The van der Waals surface area contributed by atoms with Crippen LogP contribution in [0.1, 0.15) is 22.9 Å². The lowest BCUT2D eigenvalue weighted by molar-refractivity contribution is -0.140. The van der Waals surface area contributed by atoms with Gasteiger partial charge < -0.3 is 19.2 Å². The molecule has 30 heavy (non-hydrogen) atoms. The molecule has 1 unspecified atom stereocenters. The quantitative estimate of drug-likeness (QED) is 0.378. The minimum atomic E-state index is -0.807. The Morgan fingerprint density at radius 3 is 2.63 bits per heavy atom. The molecule has 152 valence electrons. The van der Waals surface area contributed by atoms with Gasteiger partial charge in [0.25, 0.3) is 11.7 Å². The second-order valence-electron chi connectivity index (χ2n) is 6.64. The Balaban J connectivity index is 1.85. The molecule has 1 saturated heterocycles. The van der Waals surface area contributed by atoms with Crippen molar-refractivity contribution in [3.8, 4) is 5.75 Å². The number of nitrogens with zero attached hydrogens (tertiary/aromatic N) is 2. The third-order valence-corrected chi connectivity index (χ3v) is 5.19. The van der Waals surface area contributed by atoms with E-state index in [2.05, 4.69) is 4.98 Å². The molecule has 3 heterocycles. The van der Waals surface area contributed by atoms with Gasteiger partial charge in [-0.05, 0) is 48.0 Å². The number of ketones is 1. The monoisotopic (exact) mass is 424 g/mol. The van der Waals surface area contributed by atoms with Gasteiger partial charge >= 0.3 is 0 Å². The fourth-order valence-corrected chi connectivity index (χ4v) is 3.73. The van der Waals surface area contributed by atoms with Gasteiger partial charge in [-0.2, -0.15) is 0 Å². The van der Waals surface area contributed by atoms with Gasteiger partial charge in [0, 0.05) is 18.0 Å². The molecular formula is C22H17ClN2O5. The van der Waals surface area contributed by atoms with Crippen molar-refractivity contribution in [1.82, 2.24) is 9.88 Å². The largest absolute Gasteiger partial charge is 0.507 e. The Morgan fingerprint density at radius 2 is 2.00 bits per heavy atom. The number of methoxy groups -OCH3 is 1. The molecule has 2 aromatic heterocycles. The number of furan rings is 1. The number of benzene rings is 1. The van der Waals surface area contributed by atoms with Crippen LogP contribution in [0.3, 0.4) is 0 Å². The second kappa shape index (κ2) is 8.04. The highest BCUT2D eigenvalue weighted by Gasteiger charge is 2.46. The number of ether oxygens (including phenoxy) is 1. The van der Waals surface area contributed by atoms with E-state index in [9.17, 15) is 14.7 Å². The van der Waals surface area contributed by atoms with Gasteiger partial charge in [-0.25, -0.2) is 0 Å². The number of hydrogen-bond donors (Lipinski definition) is 1. The number of pyridine rings is 1. The Morgan fingerprint density at radius 1 is 1.23 bits per heavy atom. The van der Waals surface area contributed by atoms with Crippen LogP contribution < -0.4 is 4.74 Å². The molecule has 1 N–H and O–H groups in total. The summed E-state index contributed by atoms with van der Waals surface area (Å²) >= 11 is 6.18. The number of amides is 1. The Kier molecular flexibility index (Phi) is 5.29. The molecule has 1 aliphatic heterocycles. The van der Waals surface area contributed by atoms with Gasteiger partial charge in [-0.3, -0.25) is 14.6 Å². The molecule has 1 aromatic carbocycles. The molecule has 8 heteroatoms. The van der Waals surface area contributed by atoms with Crippen LogP contribution in [0.2, 0.25) is 5.02 Å². The number of rotatable bonds is 5. The lowest BCUT2D eigenvalue weighted by atomic mass is 9.96. The van der Waals surface area contributed by atoms with Crippen molar-refractivity contribution in [2.75, 3.05) is 7.11 Å². The summed E-state index contributed by atoms with van der Waals surface area (Å²) in [7, 11) is 1.48. The molecule has 0 spiro atoms. The first-order chi connectivity index (χ1) is 14.5. The zero-order valence-electron chi connectivity index (χ0n) is 15.9. The van der Waals surface area contributed by atoms with E-state index < -0.39 is 17.7 Å². The van der Waals surface area contributed by atoms with Crippen molar-refractivity contribution in [3.63, 3.8) is 0 Å². The molecule has 1 fully saturated rings. The van der Waals surface area contributed by atoms with Crippen LogP contribution in [0.15, 0.2) is 71.1 Å². The Labute approximate surface area is 177 Å². The molecule has 1 amide bonds. The summed E-state index contributed by atoms with van der Waals surface area (Å²) < 4.78 is 10.5. The lowest BCUT2D eigenvalue weighted by Crippen LogP contribution is -2.29. The fourth-order valence-electron chi connectivity index (χ4n) is 3.47. The molecule has 7 nitrogen and oxygen atoms in total. The number of hydrogen-bond acceptors (Lipinski definition) is 6. The average Bonchev–Trinajstić information content (AvgIpc) is 3.36. The summed E-state index contributed by atoms with van der Waals surface area (Å²) in [6.45, 7) is 0.0741. The summed E-state index contributed by atoms with van der Waals surface area (Å²) in [4.78, 5) is 31.2. The average molecular weight is 425 g/mol. The van der Waals surface area contributed by atoms with Crippen molar-refractivity contribution in [3.05, 3.63) is 88.6 Å². The zero-order valence-corrected chi connectivity index (χ0v) is 16.7. The van der Waals surface area contributed by atoms with Crippen LogP contribution in [0.25, 0.3) is 5.76 Å². The standard InChI is InChI=1S/C22H17ClN2O5/c1-29-17-5-4-14(11-16(17)23)20(26)18-19(13-6-8-24-9-7-13)25(22(28)21(18)27)12-15-3-2-10-30-15/h2-11,19,26H,12H2,1H3/b20-18-. The molecule has 1 aliphatic rings. The number of aromatic nitrogens is 1. The first kappa shape index (κ1) is 19.7. The van der Waals surface area contributed by atoms with Gasteiger partial charge in [0.05, 0.1) is 36.6 Å². The van der Waals surface area contributed by atoms with Gasteiger partial charge in [-0.1, -0.05) is 11.6 Å². The van der Waals surface area contributed by atoms with Crippen molar-refractivity contribution in [2.45, 2.75) is 12.6 Å². The van der Waals surface area contributed by atoms with E-state index in [-0.39, 0.29) is 22.9 Å². The van der Waals surface area contributed by atoms with E-state index in [4.69, 9.17) is 20.8 Å². The third-order valence-electron chi connectivity index (χ3n) is 4.89. The van der Waals surface area contributed by atoms with Gasteiger partial charge in [0.1, 0.15) is 17.3 Å². The highest BCUT2D eigenvalue weighted by molar-refractivity contribution is 6.46. The predicted molar refractivity (Wildman–Crippen MR) is 109 cm³/mol. The molecule has 0 aliphatic carbocycles. The normalized spacial score (nSPS) is 18.1. The number of likely N-dealkylation sites (tertiary alicyclic amines) is 1. The van der Waals surface area contributed by atoms with E-state index in [0.29, 0.717) is 22.6 Å². The summed E-state index contributed by atoms with van der Waals surface area (Å²) in [6.07, 6.45) is 4.62. The summed E-state index contributed by atoms with van der Waals surface area (Å²) in [5.41, 5.74) is 0.909. The van der Waals surface area contributed by atoms with Crippen molar-refractivity contribution in [1.29, 1.82) is 0 Å². The van der Waals surface area contributed by atoms with E-state index in [1.807, 2.05) is 0 Å². The smallest absolute Gasteiger partial charge is 0.296 e. The summed E-state index contributed by atoms with van der Waals surface area (Å²) in [5, 5.41) is 11.3. The highest BCUT2D eigenvalue weighted by Crippen LogP contribution is 2.40. The fraction of sp³-hybridized carbons (Fsp3) is 0.136. The van der Waals surface area contributed by atoms with Crippen LogP contribution in [0.4, 0.5) is 0 Å². The van der Waals surface area contributed by atoms with Crippen molar-refractivity contribution in [2.24, 2.45) is 0 Å². The number of halogens is 1. The Bertz CT molecular complexity index is 1130. The van der Waals surface area contributed by atoms with Crippen molar-refractivity contribution < 1.29 is 23.8 Å². The molecule has 0 bridgehead atoms. The minimum Gasteiger partial charge on any atom is -0.507 e. The van der Waals surface area contributed by atoms with E-state index in [1.54, 1.807) is 48.8 Å². The van der Waals surface area contributed by atoms with Crippen LogP contribution in [-0.2, 0) is 16.1 Å². The number of aliphatic hydroxyl groups excluding tert-OH is 1. The summed E-state index contributed by atoms with van der Waals surface area (Å²) in [6, 6.07) is 10.6. The van der Waals surface area contributed by atoms with Crippen LogP contribution >= 0.6 is 11.6 Å². The SMILES string of the molecule is COc1ccc(/C(O)=C2/C(=O)C(=O)N(Cc3ccco3)C2c2ccncc2)cc1Cl. The second-order valence-corrected chi connectivity index (χ2v) is 7.04. The maximum absolute atomic E-state index is 12.9. The molecule has 0 saturated carbocycles. The predicted octanol–water partition coefficient (Wildman–Crippen LogP) is 3.96. The van der Waals surface area contributed by atoms with E-state index >= 15 is 0 Å². The first-order valence-corrected chi connectivity index (χ1v) is 9.43. The third kappa shape index (κ3) is 3.44. The zero-order chi connectivity index (χ0) is 21.3. The highest BCUT2D eigenvalue weighted by atomic mass is 35.5. The van der Waals surface area contributed by atoms with Gasteiger partial charge in [-0.15, -0.1) is 0 Å². The molecule has 0 radical (unpaired) electrons. The van der Waals surface area contributed by atoms with E-state index in [0.717, 1.165) is 0 Å². The number of aliphatic hydroxyl groups is 1. The van der Waals surface area contributed by atoms with Crippen LogP contribution in [0, 0.1) is 0 Å². The van der Waals surface area contributed by atoms with E-state index in [1.165, 1.54) is 24.3 Å². The van der Waals surface area contributed by atoms with Crippen molar-refractivity contribution >= 4 is 29.1 Å². The molecular weight excluding hydrogens is 408 g/mol. The molecule has 4 rings (SSSR count). The number of carbonyl (C=O) groups is 2. The minimum absolute atomic E-state index is 0.0287. The Hall–Kier alpha value is -3.58. The molecule has 3 aromatic rings. The first-order valence-electron chi connectivity index (χ1n) is 9.06. The molecule has 1 atom stereocenters. The van der Waals surface area contributed by atoms with Gasteiger partial charge in [0.2, 0.25) is 0 Å². The number of Topliss-reactive ketones (excluding diaryl/α,β-unsaturated/α-hetero) is 1. The lowest BCUT2D eigenvalue weighted by Gasteiger charge is -2.24. The van der Waals surface area contributed by atoms with Crippen LogP contribution in [0.5, 0.6) is 5.75 Å². The summed E-state index contributed by atoms with van der Waals surface area (Å²) in [5.74, 6) is -0.885. The van der Waals surface area contributed by atoms with Crippen LogP contribution in [-0.4, -0.2) is 33.8 Å². The maximum Gasteiger partial charge on any atom is 0.296 e.